The summed E-state index contributed by atoms with van der Waals surface area (Å²) in [5.41, 5.74) is 9.97. The molecule has 0 saturated heterocycles. The molecular weight excluding hydrogens is 355 g/mol. The quantitative estimate of drug-likeness (QED) is 0.510. The zero-order valence-electron chi connectivity index (χ0n) is 9.77. The standard InChI is InChI=1S/C14H11IN2S/c1-8-6-9(2-4-11(8)16)14-17-12-5-3-10(15)7-13(12)18-14/h2-7H,16H2,1H3. The van der Waals surface area contributed by atoms with Gasteiger partial charge in [0.05, 0.1) is 10.2 Å². The smallest absolute Gasteiger partial charge is 0.124 e. The van der Waals surface area contributed by atoms with E-state index in [9.17, 15) is 0 Å². The molecule has 0 aliphatic carbocycles. The summed E-state index contributed by atoms with van der Waals surface area (Å²) in [6.07, 6.45) is 0. The van der Waals surface area contributed by atoms with Gasteiger partial charge in [0, 0.05) is 14.8 Å². The lowest BCUT2D eigenvalue weighted by atomic mass is 10.1. The number of hydrogen-bond donors (Lipinski definition) is 1. The van der Waals surface area contributed by atoms with Crippen molar-refractivity contribution in [1.82, 2.24) is 4.98 Å². The molecule has 0 aliphatic heterocycles. The van der Waals surface area contributed by atoms with Crippen molar-refractivity contribution >= 4 is 49.8 Å². The SMILES string of the molecule is Cc1cc(-c2nc3ccc(I)cc3s2)ccc1N. The minimum atomic E-state index is 0.828. The molecule has 90 valence electrons. The number of nitrogens with two attached hydrogens (primary N) is 1. The van der Waals surface area contributed by atoms with Gasteiger partial charge in [-0.15, -0.1) is 11.3 Å². The maximum Gasteiger partial charge on any atom is 0.124 e. The van der Waals surface area contributed by atoms with Crippen LogP contribution in [0.3, 0.4) is 0 Å². The number of nitrogen functional groups attached to an aromatic ring is 1. The Morgan fingerprint density at radius 2 is 2.00 bits per heavy atom. The Kier molecular flexibility index (Phi) is 2.99. The molecule has 2 aromatic carbocycles. The summed E-state index contributed by atoms with van der Waals surface area (Å²) < 4.78 is 2.47. The predicted octanol–water partition coefficient (Wildman–Crippen LogP) is 4.46. The van der Waals surface area contributed by atoms with Gasteiger partial charge >= 0.3 is 0 Å². The molecule has 0 spiro atoms. The molecule has 0 fully saturated rings. The van der Waals surface area contributed by atoms with Gasteiger partial charge in [0.25, 0.3) is 0 Å². The van der Waals surface area contributed by atoms with E-state index < -0.39 is 0 Å². The average Bonchev–Trinajstić information content (AvgIpc) is 2.75. The third-order valence-corrected chi connectivity index (χ3v) is 4.61. The number of aromatic nitrogens is 1. The van der Waals surface area contributed by atoms with Crippen molar-refractivity contribution in [3.8, 4) is 10.6 Å². The van der Waals surface area contributed by atoms with Crippen molar-refractivity contribution in [1.29, 1.82) is 0 Å². The van der Waals surface area contributed by atoms with E-state index in [0.717, 1.165) is 27.3 Å². The van der Waals surface area contributed by atoms with Gasteiger partial charge in [-0.3, -0.25) is 0 Å². The molecule has 0 atom stereocenters. The number of anilines is 1. The molecule has 0 bridgehead atoms. The molecule has 1 heterocycles. The maximum absolute atomic E-state index is 5.84. The molecule has 2 N–H and O–H groups in total. The van der Waals surface area contributed by atoms with Crippen LogP contribution in [-0.4, -0.2) is 4.98 Å². The highest BCUT2D eigenvalue weighted by Crippen LogP contribution is 2.32. The Balaban J connectivity index is 2.16. The molecular formula is C14H11IN2S. The Morgan fingerprint density at radius 1 is 1.17 bits per heavy atom. The molecule has 0 saturated carbocycles. The molecule has 3 aromatic rings. The minimum Gasteiger partial charge on any atom is -0.399 e. The van der Waals surface area contributed by atoms with Gasteiger partial charge in [-0.1, -0.05) is 0 Å². The van der Waals surface area contributed by atoms with Gasteiger partial charge in [-0.25, -0.2) is 4.98 Å². The molecule has 0 amide bonds. The van der Waals surface area contributed by atoms with Crippen LogP contribution in [-0.2, 0) is 0 Å². The molecule has 4 heteroatoms. The average molecular weight is 366 g/mol. The van der Waals surface area contributed by atoms with Crippen LogP contribution in [0.15, 0.2) is 36.4 Å². The van der Waals surface area contributed by atoms with Crippen molar-refractivity contribution < 1.29 is 0 Å². The van der Waals surface area contributed by atoms with Crippen LogP contribution < -0.4 is 5.73 Å². The Labute approximate surface area is 123 Å². The van der Waals surface area contributed by atoms with Gasteiger partial charge in [0.15, 0.2) is 0 Å². The van der Waals surface area contributed by atoms with Gasteiger partial charge in [-0.05, 0) is 71.5 Å². The highest BCUT2D eigenvalue weighted by Gasteiger charge is 2.07. The minimum absolute atomic E-state index is 0.828. The van der Waals surface area contributed by atoms with Crippen molar-refractivity contribution in [2.75, 3.05) is 5.73 Å². The summed E-state index contributed by atoms with van der Waals surface area (Å²) in [6.45, 7) is 2.02. The van der Waals surface area contributed by atoms with E-state index in [1.807, 2.05) is 19.1 Å². The summed E-state index contributed by atoms with van der Waals surface area (Å²) in [7, 11) is 0. The van der Waals surface area contributed by atoms with Crippen LogP contribution in [0, 0.1) is 10.5 Å². The lowest BCUT2D eigenvalue weighted by molar-refractivity contribution is 1.43. The van der Waals surface area contributed by atoms with Crippen LogP contribution >= 0.6 is 33.9 Å². The third kappa shape index (κ3) is 2.10. The number of benzene rings is 2. The van der Waals surface area contributed by atoms with Gasteiger partial charge < -0.3 is 5.73 Å². The van der Waals surface area contributed by atoms with Crippen LogP contribution in [0.5, 0.6) is 0 Å². The fourth-order valence-electron chi connectivity index (χ4n) is 1.83. The highest BCUT2D eigenvalue weighted by atomic mass is 127. The number of nitrogens with zero attached hydrogens (tertiary/aromatic N) is 1. The monoisotopic (exact) mass is 366 g/mol. The molecule has 3 rings (SSSR count). The topological polar surface area (TPSA) is 38.9 Å². The van der Waals surface area contributed by atoms with E-state index in [4.69, 9.17) is 5.73 Å². The second kappa shape index (κ2) is 4.51. The Bertz CT molecular complexity index is 734. The summed E-state index contributed by atoms with van der Waals surface area (Å²) in [4.78, 5) is 4.67. The molecule has 18 heavy (non-hydrogen) atoms. The number of thiazole rings is 1. The van der Waals surface area contributed by atoms with Crippen molar-refractivity contribution in [2.24, 2.45) is 0 Å². The second-order valence-corrected chi connectivity index (χ2v) is 6.48. The number of rotatable bonds is 1. The van der Waals surface area contributed by atoms with E-state index in [0.29, 0.717) is 0 Å². The van der Waals surface area contributed by atoms with E-state index in [1.165, 1.54) is 8.27 Å². The normalized spacial score (nSPS) is 11.0. The molecule has 0 radical (unpaired) electrons. The fourth-order valence-corrected chi connectivity index (χ4v) is 3.53. The van der Waals surface area contributed by atoms with Crippen LogP contribution in [0.4, 0.5) is 5.69 Å². The van der Waals surface area contributed by atoms with E-state index in [2.05, 4.69) is 51.8 Å². The number of halogens is 1. The van der Waals surface area contributed by atoms with Gasteiger partial charge in [0.2, 0.25) is 0 Å². The summed E-state index contributed by atoms with van der Waals surface area (Å²) >= 11 is 4.05. The van der Waals surface area contributed by atoms with E-state index in [-0.39, 0.29) is 0 Å². The lowest BCUT2D eigenvalue weighted by Gasteiger charge is -2.01. The third-order valence-electron chi connectivity index (χ3n) is 2.87. The number of aryl methyl sites for hydroxylation is 1. The fraction of sp³-hybridized carbons (Fsp3) is 0.0714. The largest absolute Gasteiger partial charge is 0.399 e. The maximum atomic E-state index is 5.84. The summed E-state index contributed by atoms with van der Waals surface area (Å²) in [6, 6.07) is 12.4. The highest BCUT2D eigenvalue weighted by molar-refractivity contribution is 14.1. The van der Waals surface area contributed by atoms with E-state index in [1.54, 1.807) is 11.3 Å². The molecule has 0 unspecified atom stereocenters. The van der Waals surface area contributed by atoms with Gasteiger partial charge in [-0.2, -0.15) is 0 Å². The first kappa shape index (κ1) is 11.9. The Hall–Kier alpha value is -1.14. The van der Waals surface area contributed by atoms with Crippen LogP contribution in [0.25, 0.3) is 20.8 Å². The zero-order chi connectivity index (χ0) is 12.7. The first-order valence-electron chi connectivity index (χ1n) is 5.56. The molecule has 2 nitrogen and oxygen atoms in total. The molecule has 0 aliphatic rings. The van der Waals surface area contributed by atoms with Crippen molar-refractivity contribution in [3.05, 3.63) is 45.5 Å². The number of fused-ring (bicyclic) bond motifs is 1. The Morgan fingerprint density at radius 3 is 2.78 bits per heavy atom. The second-order valence-electron chi connectivity index (χ2n) is 4.20. The number of hydrogen-bond acceptors (Lipinski definition) is 3. The first-order valence-corrected chi connectivity index (χ1v) is 7.45. The van der Waals surface area contributed by atoms with Crippen LogP contribution in [0.2, 0.25) is 0 Å². The van der Waals surface area contributed by atoms with E-state index >= 15 is 0 Å². The lowest BCUT2D eigenvalue weighted by Crippen LogP contribution is -1.89. The summed E-state index contributed by atoms with van der Waals surface area (Å²) in [5, 5.41) is 1.05. The zero-order valence-corrected chi connectivity index (χ0v) is 12.7. The van der Waals surface area contributed by atoms with Crippen molar-refractivity contribution in [3.63, 3.8) is 0 Å². The van der Waals surface area contributed by atoms with Crippen LogP contribution in [0.1, 0.15) is 5.56 Å². The molecule has 1 aromatic heterocycles. The summed E-state index contributed by atoms with van der Waals surface area (Å²) in [5.74, 6) is 0. The predicted molar refractivity (Wildman–Crippen MR) is 86.9 cm³/mol. The van der Waals surface area contributed by atoms with Gasteiger partial charge in [0.1, 0.15) is 5.01 Å². The van der Waals surface area contributed by atoms with Crippen molar-refractivity contribution in [2.45, 2.75) is 6.92 Å². The first-order chi connectivity index (χ1) is 8.63.